The molecule has 18 heavy (non-hydrogen) atoms. The first-order chi connectivity index (χ1) is 8.40. The van der Waals surface area contributed by atoms with Crippen LogP contribution in [0.25, 0.3) is 0 Å². The minimum atomic E-state index is -1.52. The van der Waals surface area contributed by atoms with Crippen molar-refractivity contribution < 1.29 is 23.8 Å². The molecule has 1 aliphatic carbocycles. The number of hydrogen-bond acceptors (Lipinski definition) is 2. The third kappa shape index (κ3) is 1.79. The van der Waals surface area contributed by atoms with E-state index >= 15 is 0 Å². The second-order valence-electron chi connectivity index (χ2n) is 4.47. The minimum Gasteiger partial charge on any atom is -0.507 e. The fourth-order valence-corrected chi connectivity index (χ4v) is 2.88. The molecule has 1 fully saturated rings. The summed E-state index contributed by atoms with van der Waals surface area (Å²) < 4.78 is 27.6. The third-order valence-electron chi connectivity index (χ3n) is 3.48. The Hall–Kier alpha value is -1.17. The molecule has 6 heteroatoms. The summed E-state index contributed by atoms with van der Waals surface area (Å²) in [6.07, 6.45) is 1.63. The Morgan fingerprint density at radius 3 is 2.39 bits per heavy atom. The second-order valence-corrected chi connectivity index (χ2v) is 5.27. The van der Waals surface area contributed by atoms with E-state index in [4.69, 9.17) is 0 Å². The van der Waals surface area contributed by atoms with Gasteiger partial charge < -0.3 is 10.2 Å². The Morgan fingerprint density at radius 2 is 1.89 bits per heavy atom. The third-order valence-corrected chi connectivity index (χ3v) is 4.24. The van der Waals surface area contributed by atoms with Gasteiger partial charge in [0.25, 0.3) is 0 Å². The number of carbonyl (C=O) groups is 1. The van der Waals surface area contributed by atoms with E-state index < -0.39 is 34.3 Å². The first-order valence-electron chi connectivity index (χ1n) is 5.50. The van der Waals surface area contributed by atoms with Gasteiger partial charge >= 0.3 is 5.97 Å². The van der Waals surface area contributed by atoms with Crippen LogP contribution in [0, 0.1) is 11.6 Å². The predicted octanol–water partition coefficient (Wildman–Crippen LogP) is 3.33. The molecule has 0 bridgehead atoms. The zero-order chi connectivity index (χ0) is 13.5. The van der Waals surface area contributed by atoms with Gasteiger partial charge in [0.2, 0.25) is 0 Å². The molecule has 0 amide bonds. The fourth-order valence-electron chi connectivity index (χ4n) is 2.57. The van der Waals surface area contributed by atoms with Gasteiger partial charge in [0.15, 0.2) is 0 Å². The van der Waals surface area contributed by atoms with Crippen molar-refractivity contribution in [3.63, 3.8) is 0 Å². The molecule has 2 rings (SSSR count). The quantitative estimate of drug-likeness (QED) is 0.822. The van der Waals surface area contributed by atoms with E-state index in [-0.39, 0.29) is 17.3 Å². The molecule has 2 N–H and O–H groups in total. The van der Waals surface area contributed by atoms with Crippen LogP contribution in [0.1, 0.15) is 31.2 Å². The lowest BCUT2D eigenvalue weighted by molar-refractivity contribution is -0.143. The number of benzene rings is 1. The van der Waals surface area contributed by atoms with Gasteiger partial charge in [0.05, 0.1) is 9.89 Å². The van der Waals surface area contributed by atoms with Crippen molar-refractivity contribution in [3.8, 4) is 5.75 Å². The number of aliphatic carboxylic acids is 1. The highest BCUT2D eigenvalue weighted by Crippen LogP contribution is 2.46. The van der Waals surface area contributed by atoms with E-state index in [9.17, 15) is 23.8 Å². The van der Waals surface area contributed by atoms with Crippen LogP contribution in [0.5, 0.6) is 5.75 Å². The standard InChI is InChI=1S/C12H11BrF2O3/c13-9-7(16)5-6(14)8(10(9)15)12(11(17)18)3-1-2-4-12/h5,16H,1-4H2,(H,17,18). The fraction of sp³-hybridized carbons (Fsp3) is 0.417. The van der Waals surface area contributed by atoms with Crippen molar-refractivity contribution in [1.29, 1.82) is 0 Å². The van der Waals surface area contributed by atoms with Crippen LogP contribution in [0.3, 0.4) is 0 Å². The Labute approximate surface area is 111 Å². The molecule has 1 saturated carbocycles. The summed E-state index contributed by atoms with van der Waals surface area (Å²) in [7, 11) is 0. The lowest BCUT2D eigenvalue weighted by Crippen LogP contribution is -2.34. The van der Waals surface area contributed by atoms with Gasteiger partial charge in [-0.05, 0) is 28.8 Å². The number of phenols is 1. The van der Waals surface area contributed by atoms with Crippen LogP contribution < -0.4 is 0 Å². The van der Waals surface area contributed by atoms with Crippen molar-refractivity contribution in [2.45, 2.75) is 31.1 Å². The van der Waals surface area contributed by atoms with Crippen LogP contribution in [-0.2, 0) is 10.2 Å². The molecule has 0 aliphatic heterocycles. The van der Waals surface area contributed by atoms with Gasteiger partial charge in [-0.3, -0.25) is 4.79 Å². The molecule has 0 spiro atoms. The van der Waals surface area contributed by atoms with Gasteiger partial charge in [-0.25, -0.2) is 8.78 Å². The molecule has 1 aliphatic rings. The van der Waals surface area contributed by atoms with Crippen LogP contribution in [0.4, 0.5) is 8.78 Å². The number of halogens is 3. The molecule has 0 aromatic heterocycles. The predicted molar refractivity (Wildman–Crippen MR) is 63.5 cm³/mol. The zero-order valence-corrected chi connectivity index (χ0v) is 10.9. The molecule has 0 radical (unpaired) electrons. The summed E-state index contributed by atoms with van der Waals surface area (Å²) in [6, 6.07) is 0.742. The first kappa shape index (κ1) is 13.3. The van der Waals surface area contributed by atoms with Gasteiger partial charge in [0.1, 0.15) is 17.4 Å². The molecule has 0 unspecified atom stereocenters. The maximum atomic E-state index is 14.1. The van der Waals surface area contributed by atoms with E-state index in [2.05, 4.69) is 15.9 Å². The highest BCUT2D eigenvalue weighted by molar-refractivity contribution is 9.10. The number of carboxylic acids is 1. The van der Waals surface area contributed by atoms with Gasteiger partial charge in [0, 0.05) is 11.6 Å². The topological polar surface area (TPSA) is 57.5 Å². The van der Waals surface area contributed by atoms with Crippen LogP contribution >= 0.6 is 15.9 Å². The number of hydrogen-bond donors (Lipinski definition) is 2. The average molecular weight is 321 g/mol. The lowest BCUT2D eigenvalue weighted by Gasteiger charge is -2.25. The molecule has 98 valence electrons. The largest absolute Gasteiger partial charge is 0.507 e. The monoisotopic (exact) mass is 320 g/mol. The summed E-state index contributed by atoms with van der Waals surface area (Å²) in [6.45, 7) is 0. The van der Waals surface area contributed by atoms with Gasteiger partial charge in [-0.1, -0.05) is 12.8 Å². The second kappa shape index (κ2) is 4.50. The average Bonchev–Trinajstić information content (AvgIpc) is 2.76. The highest BCUT2D eigenvalue weighted by atomic mass is 79.9. The first-order valence-corrected chi connectivity index (χ1v) is 6.30. The van der Waals surface area contributed by atoms with Crippen molar-refractivity contribution in [3.05, 3.63) is 27.7 Å². The summed E-state index contributed by atoms with van der Waals surface area (Å²) >= 11 is 2.80. The van der Waals surface area contributed by atoms with E-state index in [1.807, 2.05) is 0 Å². The summed E-state index contributed by atoms with van der Waals surface area (Å²) in [5.74, 6) is -3.85. The van der Waals surface area contributed by atoms with Crippen LogP contribution in [0.15, 0.2) is 10.5 Å². The Kier molecular flexibility index (Phi) is 3.31. The van der Waals surface area contributed by atoms with Crippen molar-refractivity contribution in [1.82, 2.24) is 0 Å². The van der Waals surface area contributed by atoms with Gasteiger partial charge in [-0.2, -0.15) is 0 Å². The van der Waals surface area contributed by atoms with E-state index in [1.54, 1.807) is 0 Å². The molecule has 1 aromatic rings. The van der Waals surface area contributed by atoms with Crippen molar-refractivity contribution in [2.24, 2.45) is 0 Å². The molecule has 0 saturated heterocycles. The van der Waals surface area contributed by atoms with E-state index in [0.717, 1.165) is 6.07 Å². The van der Waals surface area contributed by atoms with Crippen LogP contribution in [0.2, 0.25) is 0 Å². The van der Waals surface area contributed by atoms with E-state index in [0.29, 0.717) is 12.8 Å². The number of rotatable bonds is 2. The van der Waals surface area contributed by atoms with Crippen molar-refractivity contribution >= 4 is 21.9 Å². The summed E-state index contributed by atoms with van der Waals surface area (Å²) in [5.41, 5.74) is -1.98. The number of carboxylic acid groups (broad SMARTS) is 1. The SMILES string of the molecule is O=C(O)C1(c2c(F)cc(O)c(Br)c2F)CCCC1. The lowest BCUT2D eigenvalue weighted by atomic mass is 9.78. The normalized spacial score (nSPS) is 17.9. The van der Waals surface area contributed by atoms with Crippen molar-refractivity contribution in [2.75, 3.05) is 0 Å². The molecule has 0 heterocycles. The maximum Gasteiger partial charge on any atom is 0.314 e. The number of phenolic OH excluding ortho intramolecular Hbond substituents is 1. The van der Waals surface area contributed by atoms with Gasteiger partial charge in [-0.15, -0.1) is 0 Å². The Balaban J connectivity index is 2.70. The van der Waals surface area contributed by atoms with Crippen LogP contribution in [-0.4, -0.2) is 16.2 Å². The zero-order valence-electron chi connectivity index (χ0n) is 9.34. The Morgan fingerprint density at radius 1 is 1.33 bits per heavy atom. The molecule has 0 atom stereocenters. The molecule has 1 aromatic carbocycles. The molecule has 3 nitrogen and oxygen atoms in total. The molecular formula is C12H11BrF2O3. The maximum absolute atomic E-state index is 14.1. The molecular weight excluding hydrogens is 310 g/mol. The summed E-state index contributed by atoms with van der Waals surface area (Å²) in [5, 5.41) is 18.6. The summed E-state index contributed by atoms with van der Waals surface area (Å²) in [4.78, 5) is 11.4. The smallest absolute Gasteiger partial charge is 0.314 e. The highest BCUT2D eigenvalue weighted by Gasteiger charge is 2.47. The number of aromatic hydroxyl groups is 1. The minimum absolute atomic E-state index is 0.202. The van der Waals surface area contributed by atoms with E-state index in [1.165, 1.54) is 0 Å². The Bertz CT molecular complexity index is 511.